The number of imidazole rings is 1. The van der Waals surface area contributed by atoms with E-state index in [-0.39, 0.29) is 23.9 Å². The Morgan fingerprint density at radius 2 is 2.10 bits per heavy atom. The van der Waals surface area contributed by atoms with Crippen molar-refractivity contribution in [2.24, 2.45) is 0 Å². The number of aromatic nitrogens is 5. The number of alkyl halides is 2. The first-order chi connectivity index (χ1) is 13.9. The number of halogens is 2. The normalized spacial score (nSPS) is 14.5. The molecule has 0 unspecified atom stereocenters. The maximum Gasteiger partial charge on any atom is 0.314 e. The van der Waals surface area contributed by atoms with Crippen LogP contribution in [0.2, 0.25) is 0 Å². The summed E-state index contributed by atoms with van der Waals surface area (Å²) in [5.74, 6) is -0.362. The summed E-state index contributed by atoms with van der Waals surface area (Å²) in [7, 11) is -3.60. The van der Waals surface area contributed by atoms with E-state index in [1.54, 1.807) is 25.3 Å². The molecule has 0 bridgehead atoms. The lowest BCUT2D eigenvalue weighted by molar-refractivity contribution is 0.116. The summed E-state index contributed by atoms with van der Waals surface area (Å²) in [4.78, 5) is 11.3. The SMILES string of the molecule is CCS(=O)(=O)N(Cc1ncc(-c2nnc(C(F)F)o2)[nH]1)c1ccnc(C2CC2)c1. The number of H-pyrrole nitrogens is 1. The minimum atomic E-state index is -3.60. The topological polar surface area (TPSA) is 118 Å². The highest BCUT2D eigenvalue weighted by atomic mass is 32.2. The summed E-state index contributed by atoms with van der Waals surface area (Å²) in [5.41, 5.74) is 1.59. The van der Waals surface area contributed by atoms with E-state index in [0.29, 0.717) is 17.4 Å². The minimum absolute atomic E-state index is 0.0693. The van der Waals surface area contributed by atoms with Gasteiger partial charge in [-0.05, 0) is 31.9 Å². The second-order valence-corrected chi connectivity index (χ2v) is 8.79. The molecular weight excluding hydrogens is 406 g/mol. The summed E-state index contributed by atoms with van der Waals surface area (Å²) >= 11 is 0. The molecule has 1 aliphatic carbocycles. The van der Waals surface area contributed by atoms with Gasteiger partial charge in [-0.3, -0.25) is 9.29 Å². The molecule has 1 aliphatic rings. The number of hydrogen-bond donors (Lipinski definition) is 1. The maximum absolute atomic E-state index is 12.7. The first-order valence-corrected chi connectivity index (χ1v) is 10.6. The summed E-state index contributed by atoms with van der Waals surface area (Å²) in [5, 5.41) is 6.82. The smallest absolute Gasteiger partial charge is 0.314 e. The lowest BCUT2D eigenvalue weighted by atomic mass is 10.2. The highest BCUT2D eigenvalue weighted by molar-refractivity contribution is 7.92. The standard InChI is InChI=1S/C17H18F2N6O3S/c1-2-29(26,27)25(11-5-6-20-12(7-11)10-3-4-10)9-14-21-8-13(22-14)16-23-24-17(28-16)15(18)19/h5-8,10,15H,2-4,9H2,1H3,(H,21,22). The number of anilines is 1. The van der Waals surface area contributed by atoms with Gasteiger partial charge in [0.15, 0.2) is 0 Å². The highest BCUT2D eigenvalue weighted by Gasteiger charge is 2.28. The van der Waals surface area contributed by atoms with Gasteiger partial charge in [-0.15, -0.1) is 10.2 Å². The molecule has 0 aliphatic heterocycles. The molecule has 1 N–H and O–H groups in total. The molecule has 1 fully saturated rings. The largest absolute Gasteiger partial charge is 0.414 e. The van der Waals surface area contributed by atoms with Crippen LogP contribution in [0.25, 0.3) is 11.6 Å². The van der Waals surface area contributed by atoms with Gasteiger partial charge < -0.3 is 9.40 Å². The van der Waals surface area contributed by atoms with E-state index in [4.69, 9.17) is 4.42 Å². The van der Waals surface area contributed by atoms with E-state index < -0.39 is 22.3 Å². The molecular formula is C17H18F2N6O3S. The third-order valence-electron chi connectivity index (χ3n) is 4.53. The number of sulfonamides is 1. The van der Waals surface area contributed by atoms with Gasteiger partial charge in [0.05, 0.1) is 24.2 Å². The number of nitrogens with zero attached hydrogens (tertiary/aromatic N) is 5. The molecule has 9 nitrogen and oxygen atoms in total. The average Bonchev–Trinajstić information content (AvgIpc) is 3.25. The Hall–Kier alpha value is -2.89. The molecule has 0 atom stereocenters. The van der Waals surface area contributed by atoms with Crippen molar-refractivity contribution in [2.75, 3.05) is 10.1 Å². The second-order valence-electron chi connectivity index (χ2n) is 6.61. The van der Waals surface area contributed by atoms with Crippen molar-refractivity contribution < 1.29 is 21.6 Å². The zero-order valence-corrected chi connectivity index (χ0v) is 16.2. The first-order valence-electron chi connectivity index (χ1n) is 8.99. The number of rotatable bonds is 8. The Balaban J connectivity index is 1.61. The van der Waals surface area contributed by atoms with Crippen LogP contribution in [0.4, 0.5) is 14.5 Å². The lowest BCUT2D eigenvalue weighted by Crippen LogP contribution is -2.32. The van der Waals surface area contributed by atoms with E-state index in [9.17, 15) is 17.2 Å². The number of aromatic amines is 1. The Labute approximate surface area is 165 Å². The van der Waals surface area contributed by atoms with Crippen molar-refractivity contribution >= 4 is 15.7 Å². The van der Waals surface area contributed by atoms with Crippen LogP contribution in [0.1, 0.15) is 49.5 Å². The van der Waals surface area contributed by atoms with Gasteiger partial charge in [0.25, 0.3) is 11.8 Å². The fourth-order valence-corrected chi connectivity index (χ4v) is 3.88. The Morgan fingerprint density at radius 1 is 1.31 bits per heavy atom. The molecule has 3 aromatic rings. The van der Waals surface area contributed by atoms with Crippen molar-refractivity contribution in [1.82, 2.24) is 25.1 Å². The van der Waals surface area contributed by atoms with Crippen LogP contribution in [-0.4, -0.2) is 39.3 Å². The van der Waals surface area contributed by atoms with Crippen LogP contribution in [0.15, 0.2) is 28.9 Å². The van der Waals surface area contributed by atoms with Crippen LogP contribution in [0.5, 0.6) is 0 Å². The van der Waals surface area contributed by atoms with Gasteiger partial charge in [-0.2, -0.15) is 8.78 Å². The van der Waals surface area contributed by atoms with Gasteiger partial charge in [-0.1, -0.05) is 0 Å². The van der Waals surface area contributed by atoms with Crippen molar-refractivity contribution in [2.45, 2.75) is 38.7 Å². The van der Waals surface area contributed by atoms with Gasteiger partial charge in [0.2, 0.25) is 10.0 Å². The first kappa shape index (κ1) is 19.4. The number of nitrogens with one attached hydrogen (secondary N) is 1. The van der Waals surface area contributed by atoms with Crippen molar-refractivity contribution in [3.8, 4) is 11.6 Å². The van der Waals surface area contributed by atoms with Crippen molar-refractivity contribution in [3.05, 3.63) is 41.9 Å². The van der Waals surface area contributed by atoms with Gasteiger partial charge in [-0.25, -0.2) is 13.4 Å². The monoisotopic (exact) mass is 424 g/mol. The van der Waals surface area contributed by atoms with Crippen molar-refractivity contribution in [3.63, 3.8) is 0 Å². The molecule has 4 rings (SSSR count). The quantitative estimate of drug-likeness (QED) is 0.590. The molecule has 154 valence electrons. The number of pyridine rings is 1. The molecule has 12 heteroatoms. The number of hydrogen-bond acceptors (Lipinski definition) is 7. The fraction of sp³-hybridized carbons (Fsp3) is 0.412. The van der Waals surface area contributed by atoms with Crippen LogP contribution >= 0.6 is 0 Å². The van der Waals surface area contributed by atoms with Crippen LogP contribution < -0.4 is 4.31 Å². The van der Waals surface area contributed by atoms with Crippen molar-refractivity contribution in [1.29, 1.82) is 0 Å². The zero-order chi connectivity index (χ0) is 20.6. The van der Waals surface area contributed by atoms with Crippen LogP contribution in [0, 0.1) is 0 Å². The summed E-state index contributed by atoms with van der Waals surface area (Å²) in [6, 6.07) is 3.41. The third-order valence-corrected chi connectivity index (χ3v) is 6.27. The van der Waals surface area contributed by atoms with Crippen LogP contribution in [-0.2, 0) is 16.6 Å². The molecule has 0 radical (unpaired) electrons. The molecule has 1 saturated carbocycles. The molecule has 0 saturated heterocycles. The average molecular weight is 424 g/mol. The zero-order valence-electron chi connectivity index (χ0n) is 15.4. The predicted octanol–water partition coefficient (Wildman–Crippen LogP) is 3.03. The molecule has 29 heavy (non-hydrogen) atoms. The molecule has 3 heterocycles. The highest BCUT2D eigenvalue weighted by Crippen LogP contribution is 2.40. The molecule has 3 aromatic heterocycles. The lowest BCUT2D eigenvalue weighted by Gasteiger charge is -2.23. The molecule has 0 spiro atoms. The van der Waals surface area contributed by atoms with E-state index >= 15 is 0 Å². The Kier molecular flexibility index (Phi) is 5.03. The Morgan fingerprint density at radius 3 is 2.76 bits per heavy atom. The van der Waals surface area contributed by atoms with Crippen LogP contribution in [0.3, 0.4) is 0 Å². The molecule has 0 aromatic carbocycles. The van der Waals surface area contributed by atoms with Gasteiger partial charge >= 0.3 is 6.43 Å². The van der Waals surface area contributed by atoms with Gasteiger partial charge in [0, 0.05) is 17.8 Å². The van der Waals surface area contributed by atoms with E-state index in [0.717, 1.165) is 18.5 Å². The molecule has 0 amide bonds. The van der Waals surface area contributed by atoms with E-state index in [1.807, 2.05) is 0 Å². The summed E-state index contributed by atoms with van der Waals surface area (Å²) in [6.07, 6.45) is 2.14. The summed E-state index contributed by atoms with van der Waals surface area (Å²) in [6.45, 7) is 1.49. The second kappa shape index (κ2) is 7.50. The van der Waals surface area contributed by atoms with Gasteiger partial charge in [0.1, 0.15) is 11.5 Å². The Bertz CT molecular complexity index is 1110. The minimum Gasteiger partial charge on any atom is -0.414 e. The van der Waals surface area contributed by atoms with E-state index in [1.165, 1.54) is 10.5 Å². The maximum atomic E-state index is 12.7. The summed E-state index contributed by atoms with van der Waals surface area (Å²) < 4.78 is 56.8. The van der Waals surface area contributed by atoms with E-state index in [2.05, 4.69) is 25.1 Å². The predicted molar refractivity (Wildman–Crippen MR) is 98.7 cm³/mol. The third kappa shape index (κ3) is 4.11. The fourth-order valence-electron chi connectivity index (χ4n) is 2.82.